The summed E-state index contributed by atoms with van der Waals surface area (Å²) in [4.78, 5) is 11.3. The van der Waals surface area contributed by atoms with Crippen molar-refractivity contribution in [3.8, 4) is 0 Å². The lowest BCUT2D eigenvalue weighted by Gasteiger charge is -2.42. The Hall–Kier alpha value is -0.730. The molecule has 1 rings (SSSR count). The summed E-state index contributed by atoms with van der Waals surface area (Å²) in [6.07, 6.45) is 3.72. The first-order valence-electron chi connectivity index (χ1n) is 9.02. The van der Waals surface area contributed by atoms with E-state index in [2.05, 4.69) is 12.2 Å². The van der Waals surface area contributed by atoms with Crippen LogP contribution in [0.25, 0.3) is 0 Å². The lowest BCUT2D eigenvalue weighted by Crippen LogP contribution is -2.64. The van der Waals surface area contributed by atoms with Crippen molar-refractivity contribution in [2.75, 3.05) is 13.2 Å². The molecule has 0 saturated carbocycles. The van der Waals surface area contributed by atoms with E-state index in [1.54, 1.807) is 0 Å². The number of carbonyl (C=O) groups is 1. The molecule has 1 aliphatic rings. The highest BCUT2D eigenvalue weighted by Crippen LogP contribution is 2.22. The van der Waals surface area contributed by atoms with E-state index in [9.17, 15) is 20.1 Å². The molecule has 0 aromatic heterocycles. The maximum absolute atomic E-state index is 11.3. The highest BCUT2D eigenvalue weighted by atomic mass is 16.7. The quantitative estimate of drug-likeness (QED) is 0.410. The highest BCUT2D eigenvalue weighted by molar-refractivity contribution is 5.73. The molecule has 0 bridgehead atoms. The zero-order valence-corrected chi connectivity index (χ0v) is 14.8. The Kier molecular flexibility index (Phi) is 10.4. The summed E-state index contributed by atoms with van der Waals surface area (Å²) in [7, 11) is 0. The second kappa shape index (κ2) is 11.8. The van der Waals surface area contributed by atoms with Gasteiger partial charge in [0.25, 0.3) is 0 Å². The average molecular weight is 347 g/mol. The molecule has 1 amide bonds. The number of aliphatic hydroxyl groups excluding tert-OH is 3. The highest BCUT2D eigenvalue weighted by Gasteiger charge is 2.45. The third kappa shape index (κ3) is 7.03. The molecule has 0 aliphatic carbocycles. The van der Waals surface area contributed by atoms with Gasteiger partial charge in [0.2, 0.25) is 5.91 Å². The summed E-state index contributed by atoms with van der Waals surface area (Å²) in [5.74, 6) is -0.346. The number of rotatable bonds is 11. The zero-order valence-electron chi connectivity index (χ0n) is 14.8. The van der Waals surface area contributed by atoms with Gasteiger partial charge >= 0.3 is 0 Å². The van der Waals surface area contributed by atoms with Crippen LogP contribution in [0, 0.1) is 0 Å². The molecule has 4 N–H and O–H groups in total. The van der Waals surface area contributed by atoms with Gasteiger partial charge in [-0.2, -0.15) is 0 Å². The number of aliphatic hydroxyl groups is 3. The molecule has 0 unspecified atom stereocenters. The van der Waals surface area contributed by atoms with E-state index in [0.717, 1.165) is 19.3 Å². The van der Waals surface area contributed by atoms with Gasteiger partial charge in [-0.05, 0) is 6.42 Å². The fourth-order valence-electron chi connectivity index (χ4n) is 2.87. The maximum atomic E-state index is 11.3. The van der Waals surface area contributed by atoms with E-state index in [1.165, 1.54) is 32.6 Å². The van der Waals surface area contributed by atoms with Crippen LogP contribution in [0.1, 0.15) is 58.8 Å². The van der Waals surface area contributed by atoms with Gasteiger partial charge in [0.15, 0.2) is 6.29 Å². The minimum atomic E-state index is -1.27. The fourth-order valence-corrected chi connectivity index (χ4v) is 2.87. The van der Waals surface area contributed by atoms with Crippen molar-refractivity contribution in [1.29, 1.82) is 0 Å². The molecule has 7 heteroatoms. The maximum Gasteiger partial charge on any atom is 0.217 e. The van der Waals surface area contributed by atoms with Crippen LogP contribution in [-0.2, 0) is 14.3 Å². The van der Waals surface area contributed by atoms with Gasteiger partial charge in [-0.15, -0.1) is 0 Å². The Morgan fingerprint density at radius 2 is 1.71 bits per heavy atom. The number of carbonyl (C=O) groups excluding carboxylic acids is 1. The Balaban J connectivity index is 2.39. The number of hydrogen-bond acceptors (Lipinski definition) is 6. The number of ether oxygens (including phenoxy) is 2. The fraction of sp³-hybridized carbons (Fsp3) is 0.941. The number of unbranched alkanes of at least 4 members (excludes halogenated alkanes) is 6. The lowest BCUT2D eigenvalue weighted by molar-refractivity contribution is -0.270. The molecule has 0 radical (unpaired) electrons. The van der Waals surface area contributed by atoms with Crippen LogP contribution in [0.4, 0.5) is 0 Å². The lowest BCUT2D eigenvalue weighted by atomic mass is 9.97. The topological polar surface area (TPSA) is 108 Å². The molecular formula is C17H33NO6. The van der Waals surface area contributed by atoms with Gasteiger partial charge in [0.1, 0.15) is 24.4 Å². The van der Waals surface area contributed by atoms with Crippen molar-refractivity contribution in [3.05, 3.63) is 0 Å². The molecule has 24 heavy (non-hydrogen) atoms. The van der Waals surface area contributed by atoms with Crippen LogP contribution in [0.5, 0.6) is 0 Å². The average Bonchev–Trinajstić information content (AvgIpc) is 2.55. The van der Waals surface area contributed by atoms with Gasteiger partial charge in [0.05, 0.1) is 6.61 Å². The first-order valence-corrected chi connectivity index (χ1v) is 9.02. The standard InChI is InChI=1S/C17H33NO6/c1-3-4-5-6-7-8-9-10-23-17-14(18-12(2)20)16(22)15(21)13(11-19)24-17/h13-17,19,21-22H,3-11H2,1-2H3,(H,18,20)/t13-,14+,15+,16-,17+/m0/s1. The Bertz CT molecular complexity index is 354. The summed E-state index contributed by atoms with van der Waals surface area (Å²) < 4.78 is 11.2. The molecule has 1 heterocycles. The van der Waals surface area contributed by atoms with E-state index >= 15 is 0 Å². The molecule has 0 aromatic carbocycles. The van der Waals surface area contributed by atoms with Crippen molar-refractivity contribution in [2.24, 2.45) is 0 Å². The summed E-state index contributed by atoms with van der Waals surface area (Å²) in [5, 5.41) is 31.8. The van der Waals surface area contributed by atoms with Crippen LogP contribution in [0.2, 0.25) is 0 Å². The third-order valence-electron chi connectivity index (χ3n) is 4.28. The number of amides is 1. The van der Waals surface area contributed by atoms with Crippen LogP contribution in [0.15, 0.2) is 0 Å². The van der Waals surface area contributed by atoms with E-state index in [-0.39, 0.29) is 5.91 Å². The van der Waals surface area contributed by atoms with E-state index in [1.807, 2.05) is 0 Å². The van der Waals surface area contributed by atoms with Gasteiger partial charge in [-0.1, -0.05) is 45.4 Å². The largest absolute Gasteiger partial charge is 0.394 e. The van der Waals surface area contributed by atoms with Crippen molar-refractivity contribution < 1.29 is 29.6 Å². The first kappa shape index (κ1) is 21.3. The molecular weight excluding hydrogens is 314 g/mol. The number of hydrogen-bond donors (Lipinski definition) is 4. The summed E-state index contributed by atoms with van der Waals surface area (Å²) >= 11 is 0. The molecule has 1 saturated heterocycles. The van der Waals surface area contributed by atoms with Gasteiger partial charge in [-0.3, -0.25) is 4.79 Å². The monoisotopic (exact) mass is 347 g/mol. The smallest absolute Gasteiger partial charge is 0.217 e. The van der Waals surface area contributed by atoms with Gasteiger partial charge in [-0.25, -0.2) is 0 Å². The van der Waals surface area contributed by atoms with Crippen molar-refractivity contribution >= 4 is 5.91 Å². The number of nitrogens with one attached hydrogen (secondary N) is 1. The molecule has 0 spiro atoms. The van der Waals surface area contributed by atoms with E-state index in [4.69, 9.17) is 9.47 Å². The Labute approximate surface area is 144 Å². The van der Waals surface area contributed by atoms with Gasteiger partial charge < -0.3 is 30.1 Å². The Morgan fingerprint density at radius 3 is 2.29 bits per heavy atom. The van der Waals surface area contributed by atoms with Crippen molar-refractivity contribution in [1.82, 2.24) is 5.32 Å². The van der Waals surface area contributed by atoms with Gasteiger partial charge in [0, 0.05) is 13.5 Å². The summed E-state index contributed by atoms with van der Waals surface area (Å²) in [5.41, 5.74) is 0. The first-order chi connectivity index (χ1) is 11.5. The minimum absolute atomic E-state index is 0.346. The van der Waals surface area contributed by atoms with E-state index < -0.39 is 37.3 Å². The summed E-state index contributed by atoms with van der Waals surface area (Å²) in [6, 6.07) is -0.857. The predicted octanol–water partition coefficient (Wildman–Crippen LogP) is 0.697. The normalized spacial score (nSPS) is 30.3. The van der Waals surface area contributed by atoms with Crippen LogP contribution in [0.3, 0.4) is 0 Å². The SMILES string of the molecule is CCCCCCCCCO[C@@H]1O[C@@H](CO)[C@@H](O)[C@@H](O)[C@H]1NC(C)=O. The summed E-state index contributed by atoms with van der Waals surface area (Å²) in [6.45, 7) is 3.52. The molecule has 1 aliphatic heterocycles. The van der Waals surface area contributed by atoms with Crippen molar-refractivity contribution in [2.45, 2.75) is 89.4 Å². The molecule has 1 fully saturated rings. The van der Waals surface area contributed by atoms with Crippen LogP contribution < -0.4 is 5.32 Å². The molecule has 5 atom stereocenters. The second-order valence-electron chi connectivity index (χ2n) is 6.43. The Morgan fingerprint density at radius 1 is 1.08 bits per heavy atom. The molecule has 7 nitrogen and oxygen atoms in total. The third-order valence-corrected chi connectivity index (χ3v) is 4.28. The molecule has 0 aromatic rings. The predicted molar refractivity (Wildman–Crippen MR) is 89.3 cm³/mol. The van der Waals surface area contributed by atoms with Crippen molar-refractivity contribution in [3.63, 3.8) is 0 Å². The zero-order chi connectivity index (χ0) is 17.9. The minimum Gasteiger partial charge on any atom is -0.394 e. The molecule has 142 valence electrons. The van der Waals surface area contributed by atoms with Crippen LogP contribution in [-0.4, -0.2) is 65.1 Å². The van der Waals surface area contributed by atoms with Crippen LogP contribution >= 0.6 is 0 Å². The van der Waals surface area contributed by atoms with E-state index in [0.29, 0.717) is 6.61 Å². The second-order valence-corrected chi connectivity index (χ2v) is 6.43.